The van der Waals surface area contributed by atoms with Crippen molar-refractivity contribution in [3.63, 3.8) is 0 Å². The third-order valence-electron chi connectivity index (χ3n) is 5.94. The van der Waals surface area contributed by atoms with Crippen LogP contribution in [0.25, 0.3) is 0 Å². The van der Waals surface area contributed by atoms with E-state index in [9.17, 15) is 9.18 Å². The molecule has 27 heavy (non-hydrogen) atoms. The number of carbonyl (C=O) groups is 1. The molecule has 142 valence electrons. The van der Waals surface area contributed by atoms with E-state index in [1.54, 1.807) is 12.1 Å². The van der Waals surface area contributed by atoms with Crippen molar-refractivity contribution in [1.82, 2.24) is 15.1 Å². The number of benzene rings is 2. The fourth-order valence-corrected chi connectivity index (χ4v) is 4.61. The lowest BCUT2D eigenvalue weighted by Crippen LogP contribution is -2.40. The summed E-state index contributed by atoms with van der Waals surface area (Å²) in [5.41, 5.74) is 3.32. The first kappa shape index (κ1) is 18.0. The molecule has 0 aromatic heterocycles. The molecule has 0 bridgehead atoms. The maximum absolute atomic E-state index is 13.7. The summed E-state index contributed by atoms with van der Waals surface area (Å²) < 4.78 is 13.7. The van der Waals surface area contributed by atoms with Crippen molar-refractivity contribution in [2.24, 2.45) is 11.8 Å². The minimum atomic E-state index is -0.199. The number of halogens is 1. The monoisotopic (exact) mass is 367 g/mol. The van der Waals surface area contributed by atoms with Gasteiger partial charge in [0.1, 0.15) is 5.82 Å². The van der Waals surface area contributed by atoms with Crippen molar-refractivity contribution in [2.75, 3.05) is 26.7 Å². The molecule has 4 rings (SSSR count). The largest absolute Gasteiger partial charge is 0.334 e. The molecule has 2 aliphatic rings. The van der Waals surface area contributed by atoms with Gasteiger partial charge in [-0.15, -0.1) is 0 Å². The van der Waals surface area contributed by atoms with Gasteiger partial charge in [0.25, 0.3) is 0 Å². The molecule has 2 fully saturated rings. The van der Waals surface area contributed by atoms with Gasteiger partial charge in [-0.3, -0.25) is 4.90 Å². The summed E-state index contributed by atoms with van der Waals surface area (Å²) in [6, 6.07) is 15.2. The Morgan fingerprint density at radius 2 is 1.93 bits per heavy atom. The van der Waals surface area contributed by atoms with E-state index in [0.29, 0.717) is 18.4 Å². The fraction of sp³-hybridized carbons (Fsp3) is 0.409. The number of likely N-dealkylation sites (tertiary alicyclic amines) is 2. The highest BCUT2D eigenvalue weighted by molar-refractivity contribution is 5.74. The Morgan fingerprint density at radius 3 is 2.67 bits per heavy atom. The lowest BCUT2D eigenvalue weighted by atomic mass is 9.89. The molecule has 1 N–H and O–H groups in total. The third-order valence-corrected chi connectivity index (χ3v) is 5.94. The molecular formula is C22H26FN3O. The van der Waals surface area contributed by atoms with Crippen LogP contribution < -0.4 is 5.32 Å². The predicted molar refractivity (Wildman–Crippen MR) is 104 cm³/mol. The van der Waals surface area contributed by atoms with Crippen LogP contribution in [0.3, 0.4) is 0 Å². The van der Waals surface area contributed by atoms with Crippen molar-refractivity contribution < 1.29 is 9.18 Å². The zero-order valence-electron chi connectivity index (χ0n) is 15.9. The van der Waals surface area contributed by atoms with Crippen molar-refractivity contribution >= 4 is 6.03 Å². The van der Waals surface area contributed by atoms with Crippen molar-refractivity contribution in [2.45, 2.75) is 19.5 Å². The number of rotatable bonds is 3. The highest BCUT2D eigenvalue weighted by Crippen LogP contribution is 2.44. The zero-order valence-corrected chi connectivity index (χ0v) is 15.9. The quantitative estimate of drug-likeness (QED) is 0.900. The van der Waals surface area contributed by atoms with E-state index in [2.05, 4.69) is 36.3 Å². The Kier molecular flexibility index (Phi) is 4.87. The third kappa shape index (κ3) is 3.69. The van der Waals surface area contributed by atoms with Crippen molar-refractivity contribution in [1.29, 1.82) is 0 Å². The maximum atomic E-state index is 13.7. The Bertz CT molecular complexity index is 823. The first-order valence-corrected chi connectivity index (χ1v) is 9.55. The number of aryl methyl sites for hydroxylation is 1. The second-order valence-electron chi connectivity index (χ2n) is 7.91. The van der Waals surface area contributed by atoms with Gasteiger partial charge in [-0.25, -0.2) is 9.18 Å². The Hall–Kier alpha value is -2.40. The topological polar surface area (TPSA) is 35.6 Å². The van der Waals surface area contributed by atoms with E-state index in [0.717, 1.165) is 30.8 Å². The zero-order chi connectivity index (χ0) is 19.0. The normalized spacial score (nSPS) is 24.9. The number of amides is 2. The summed E-state index contributed by atoms with van der Waals surface area (Å²) >= 11 is 0. The Balaban J connectivity index is 1.40. The predicted octanol–water partition coefficient (Wildman–Crippen LogP) is 3.58. The van der Waals surface area contributed by atoms with Crippen LogP contribution in [-0.2, 0) is 6.54 Å². The van der Waals surface area contributed by atoms with Crippen LogP contribution in [0, 0.1) is 24.6 Å². The number of fused-ring (bicyclic) bond motifs is 1. The van der Waals surface area contributed by atoms with E-state index in [-0.39, 0.29) is 17.9 Å². The van der Waals surface area contributed by atoms with Crippen LogP contribution in [0.4, 0.5) is 9.18 Å². The minimum absolute atomic E-state index is 0.00868. The number of hydrogen-bond acceptors (Lipinski definition) is 2. The lowest BCUT2D eigenvalue weighted by Gasteiger charge is -2.27. The first-order chi connectivity index (χ1) is 13.0. The summed E-state index contributed by atoms with van der Waals surface area (Å²) in [6.07, 6.45) is 0. The molecule has 0 radical (unpaired) electrons. The van der Waals surface area contributed by atoms with Crippen LogP contribution in [-0.4, -0.2) is 42.5 Å². The average Bonchev–Trinajstić information content (AvgIpc) is 3.17. The van der Waals surface area contributed by atoms with Crippen LogP contribution >= 0.6 is 0 Å². The van der Waals surface area contributed by atoms with E-state index in [1.807, 2.05) is 23.1 Å². The van der Waals surface area contributed by atoms with Gasteiger partial charge in [0, 0.05) is 38.1 Å². The van der Waals surface area contributed by atoms with Crippen LogP contribution in [0.15, 0.2) is 48.5 Å². The second kappa shape index (κ2) is 7.31. The smallest absolute Gasteiger partial charge is 0.317 e. The van der Waals surface area contributed by atoms with E-state index in [4.69, 9.17) is 0 Å². The standard InChI is InChI=1S/C22H26FN3O/c1-15-6-8-16(9-7-15)11-24-22(27)26-13-18-12-25(2)21(20(18)14-26)17-4-3-5-19(23)10-17/h3-10,18,20-21H,11-14H2,1-2H3,(H,24,27)/t18-,20+,21-/m0/s1. The summed E-state index contributed by atoms with van der Waals surface area (Å²) in [7, 11) is 2.09. The van der Waals surface area contributed by atoms with Crippen molar-refractivity contribution in [3.05, 3.63) is 71.0 Å². The molecule has 0 saturated carbocycles. The molecule has 2 amide bonds. The minimum Gasteiger partial charge on any atom is -0.334 e. The molecule has 0 spiro atoms. The molecule has 4 nitrogen and oxygen atoms in total. The molecule has 0 unspecified atom stereocenters. The second-order valence-corrected chi connectivity index (χ2v) is 7.91. The average molecular weight is 367 g/mol. The number of nitrogens with one attached hydrogen (secondary N) is 1. The molecule has 2 aromatic rings. The number of nitrogens with zero attached hydrogens (tertiary/aromatic N) is 2. The highest BCUT2D eigenvalue weighted by atomic mass is 19.1. The number of urea groups is 1. The van der Waals surface area contributed by atoms with Gasteiger partial charge in [-0.1, -0.05) is 42.0 Å². The molecule has 2 aliphatic heterocycles. The van der Waals surface area contributed by atoms with Crippen LogP contribution in [0.1, 0.15) is 22.7 Å². The number of hydrogen-bond donors (Lipinski definition) is 1. The van der Waals surface area contributed by atoms with Gasteiger partial charge in [0.2, 0.25) is 0 Å². The highest BCUT2D eigenvalue weighted by Gasteiger charge is 2.47. The summed E-state index contributed by atoms with van der Waals surface area (Å²) in [5, 5.41) is 3.04. The first-order valence-electron chi connectivity index (χ1n) is 9.55. The molecule has 2 saturated heterocycles. The van der Waals surface area contributed by atoms with Crippen LogP contribution in [0.2, 0.25) is 0 Å². The van der Waals surface area contributed by atoms with Crippen LogP contribution in [0.5, 0.6) is 0 Å². The van der Waals surface area contributed by atoms with Gasteiger partial charge in [-0.2, -0.15) is 0 Å². The summed E-state index contributed by atoms with van der Waals surface area (Å²) in [5.74, 6) is 0.588. The molecular weight excluding hydrogens is 341 g/mol. The van der Waals surface area contributed by atoms with E-state index < -0.39 is 0 Å². The summed E-state index contributed by atoms with van der Waals surface area (Å²) in [4.78, 5) is 16.9. The van der Waals surface area contributed by atoms with E-state index in [1.165, 1.54) is 11.6 Å². The Morgan fingerprint density at radius 1 is 1.15 bits per heavy atom. The van der Waals surface area contributed by atoms with Gasteiger partial charge in [0.15, 0.2) is 0 Å². The fourth-order valence-electron chi connectivity index (χ4n) is 4.61. The lowest BCUT2D eigenvalue weighted by molar-refractivity contribution is 0.193. The van der Waals surface area contributed by atoms with Gasteiger partial charge in [0.05, 0.1) is 0 Å². The molecule has 3 atom stereocenters. The van der Waals surface area contributed by atoms with Gasteiger partial charge >= 0.3 is 6.03 Å². The molecule has 0 aliphatic carbocycles. The SMILES string of the molecule is Cc1ccc(CNC(=O)N2C[C@@H]3CN(C)[C@@H](c4cccc(F)c4)[C@@H]3C2)cc1. The van der Waals surface area contributed by atoms with Gasteiger partial charge < -0.3 is 10.2 Å². The van der Waals surface area contributed by atoms with E-state index >= 15 is 0 Å². The van der Waals surface area contributed by atoms with Gasteiger partial charge in [-0.05, 0) is 43.1 Å². The molecule has 5 heteroatoms. The molecule has 2 aromatic carbocycles. The van der Waals surface area contributed by atoms with Crippen molar-refractivity contribution in [3.8, 4) is 0 Å². The maximum Gasteiger partial charge on any atom is 0.317 e. The summed E-state index contributed by atoms with van der Waals surface area (Å²) in [6.45, 7) is 5.01. The Labute approximate surface area is 160 Å². The molecule has 2 heterocycles. The number of carbonyl (C=O) groups excluding carboxylic acids is 1.